The van der Waals surface area contributed by atoms with Crippen LogP contribution in [0.2, 0.25) is 0 Å². The fourth-order valence-corrected chi connectivity index (χ4v) is 1.67. The number of aliphatic hydroxyl groups excluding tert-OH is 1. The molecule has 0 aliphatic carbocycles. The molecule has 1 atom stereocenters. The first-order valence-corrected chi connectivity index (χ1v) is 5.96. The molecule has 0 spiro atoms. The highest BCUT2D eigenvalue weighted by molar-refractivity contribution is 5.94. The Bertz CT molecular complexity index is 444. The molecule has 18 heavy (non-hydrogen) atoms. The highest BCUT2D eigenvalue weighted by atomic mass is 16.4. The van der Waals surface area contributed by atoms with E-state index in [1.165, 1.54) is 0 Å². The van der Waals surface area contributed by atoms with Crippen LogP contribution in [0.1, 0.15) is 35.5 Å². The van der Waals surface area contributed by atoms with Crippen molar-refractivity contribution in [3.63, 3.8) is 0 Å². The lowest BCUT2D eigenvalue weighted by Crippen LogP contribution is -2.26. The zero-order chi connectivity index (χ0) is 13.9. The van der Waals surface area contributed by atoms with Crippen LogP contribution in [0, 0.1) is 19.8 Å². The highest BCUT2D eigenvalue weighted by Gasteiger charge is 2.17. The van der Waals surface area contributed by atoms with Crippen molar-refractivity contribution in [1.29, 1.82) is 0 Å². The van der Waals surface area contributed by atoms with Crippen LogP contribution in [0.3, 0.4) is 0 Å². The van der Waals surface area contributed by atoms with Crippen molar-refractivity contribution in [3.8, 4) is 0 Å². The molecule has 100 valence electrons. The Balaban J connectivity index is 2.97. The standard InChI is InChI=1S/C13H20N2O3/c1-7(2)10(16)6-14-12-11(13(17)18)8(3)5-9(4)15-12/h5,7,10,16H,6H2,1-4H3,(H,14,15)(H,17,18). The zero-order valence-electron chi connectivity index (χ0n) is 11.2. The molecule has 0 fully saturated rings. The monoisotopic (exact) mass is 252 g/mol. The predicted molar refractivity (Wildman–Crippen MR) is 70.0 cm³/mol. The number of nitrogens with one attached hydrogen (secondary N) is 1. The van der Waals surface area contributed by atoms with Crippen molar-refractivity contribution in [3.05, 3.63) is 22.9 Å². The minimum Gasteiger partial charge on any atom is -0.478 e. The zero-order valence-corrected chi connectivity index (χ0v) is 11.2. The molecule has 0 aromatic carbocycles. The number of aryl methyl sites for hydroxylation is 2. The van der Waals surface area contributed by atoms with Gasteiger partial charge in [-0.05, 0) is 31.4 Å². The number of carbonyl (C=O) groups is 1. The van der Waals surface area contributed by atoms with Gasteiger partial charge in [-0.1, -0.05) is 13.8 Å². The third-order valence-electron chi connectivity index (χ3n) is 2.81. The summed E-state index contributed by atoms with van der Waals surface area (Å²) in [5.41, 5.74) is 1.58. The van der Waals surface area contributed by atoms with Crippen LogP contribution in [0.25, 0.3) is 0 Å². The summed E-state index contributed by atoms with van der Waals surface area (Å²) >= 11 is 0. The number of rotatable bonds is 5. The van der Waals surface area contributed by atoms with E-state index in [0.717, 1.165) is 5.69 Å². The smallest absolute Gasteiger partial charge is 0.339 e. The first kappa shape index (κ1) is 14.4. The number of hydrogen-bond acceptors (Lipinski definition) is 4. The average Bonchev–Trinajstić information content (AvgIpc) is 2.23. The summed E-state index contributed by atoms with van der Waals surface area (Å²) in [6.07, 6.45) is -0.533. The number of aliphatic hydroxyl groups is 1. The van der Waals surface area contributed by atoms with Crippen LogP contribution in [0.5, 0.6) is 0 Å². The molecule has 0 radical (unpaired) electrons. The van der Waals surface area contributed by atoms with Crippen LogP contribution in [0.15, 0.2) is 6.07 Å². The van der Waals surface area contributed by atoms with Gasteiger partial charge in [0, 0.05) is 12.2 Å². The average molecular weight is 252 g/mol. The van der Waals surface area contributed by atoms with E-state index in [-0.39, 0.29) is 18.0 Å². The van der Waals surface area contributed by atoms with Gasteiger partial charge in [-0.3, -0.25) is 0 Å². The molecule has 3 N–H and O–H groups in total. The summed E-state index contributed by atoms with van der Waals surface area (Å²) in [5.74, 6) is -0.585. The number of carboxylic acids is 1. The van der Waals surface area contributed by atoms with Gasteiger partial charge in [-0.25, -0.2) is 9.78 Å². The van der Waals surface area contributed by atoms with Crippen LogP contribution < -0.4 is 5.32 Å². The van der Waals surface area contributed by atoms with E-state index < -0.39 is 12.1 Å². The van der Waals surface area contributed by atoms with Gasteiger partial charge in [0.2, 0.25) is 0 Å². The minimum absolute atomic E-state index is 0.108. The third kappa shape index (κ3) is 3.43. The number of nitrogens with zero attached hydrogens (tertiary/aromatic N) is 1. The van der Waals surface area contributed by atoms with Crippen molar-refractivity contribution < 1.29 is 15.0 Å². The predicted octanol–water partition coefficient (Wildman–Crippen LogP) is 1.83. The van der Waals surface area contributed by atoms with E-state index in [1.54, 1.807) is 13.0 Å². The van der Waals surface area contributed by atoms with Crippen LogP contribution in [0.4, 0.5) is 5.82 Å². The lowest BCUT2D eigenvalue weighted by molar-refractivity contribution is 0.0696. The van der Waals surface area contributed by atoms with E-state index in [0.29, 0.717) is 11.4 Å². The van der Waals surface area contributed by atoms with Crippen molar-refractivity contribution in [1.82, 2.24) is 4.98 Å². The van der Waals surface area contributed by atoms with Gasteiger partial charge in [0.15, 0.2) is 0 Å². The summed E-state index contributed by atoms with van der Waals surface area (Å²) in [7, 11) is 0. The van der Waals surface area contributed by atoms with Crippen LogP contribution >= 0.6 is 0 Å². The lowest BCUT2D eigenvalue weighted by atomic mass is 10.1. The summed E-state index contributed by atoms with van der Waals surface area (Å²) in [6.45, 7) is 7.64. The molecule has 1 unspecified atom stereocenters. The van der Waals surface area contributed by atoms with Crippen molar-refractivity contribution >= 4 is 11.8 Å². The molecular weight excluding hydrogens is 232 g/mol. The van der Waals surface area contributed by atoms with Gasteiger partial charge in [-0.2, -0.15) is 0 Å². The largest absolute Gasteiger partial charge is 0.478 e. The van der Waals surface area contributed by atoms with Gasteiger partial charge in [0.05, 0.1) is 6.10 Å². The number of aromatic nitrogens is 1. The van der Waals surface area contributed by atoms with Crippen molar-refractivity contribution in [2.24, 2.45) is 5.92 Å². The van der Waals surface area contributed by atoms with Gasteiger partial charge in [0.25, 0.3) is 0 Å². The fraction of sp³-hybridized carbons (Fsp3) is 0.538. The quantitative estimate of drug-likeness (QED) is 0.744. The van der Waals surface area contributed by atoms with Gasteiger partial charge >= 0.3 is 5.97 Å². The molecule has 5 nitrogen and oxygen atoms in total. The molecule has 0 saturated carbocycles. The Morgan fingerprint density at radius 2 is 2.06 bits per heavy atom. The Hall–Kier alpha value is -1.62. The molecule has 0 bridgehead atoms. The van der Waals surface area contributed by atoms with Gasteiger partial charge in [0.1, 0.15) is 11.4 Å². The molecule has 1 heterocycles. The molecular formula is C13H20N2O3. The Labute approximate surface area is 107 Å². The van der Waals surface area contributed by atoms with Crippen LogP contribution in [-0.2, 0) is 0 Å². The van der Waals surface area contributed by atoms with E-state index in [1.807, 2.05) is 20.8 Å². The maximum atomic E-state index is 11.2. The van der Waals surface area contributed by atoms with E-state index in [2.05, 4.69) is 10.3 Å². The number of aromatic carboxylic acids is 1. The maximum Gasteiger partial charge on any atom is 0.339 e. The number of carboxylic acid groups (broad SMARTS) is 1. The number of anilines is 1. The lowest BCUT2D eigenvalue weighted by Gasteiger charge is -2.17. The molecule has 5 heteroatoms. The normalized spacial score (nSPS) is 12.6. The van der Waals surface area contributed by atoms with Gasteiger partial charge in [-0.15, -0.1) is 0 Å². The Kier molecular flexibility index (Phi) is 4.67. The first-order valence-electron chi connectivity index (χ1n) is 5.96. The van der Waals surface area contributed by atoms with Crippen LogP contribution in [-0.4, -0.2) is 33.8 Å². The van der Waals surface area contributed by atoms with E-state index in [4.69, 9.17) is 5.11 Å². The highest BCUT2D eigenvalue weighted by Crippen LogP contribution is 2.19. The fourth-order valence-electron chi connectivity index (χ4n) is 1.67. The number of pyridine rings is 1. The first-order chi connectivity index (χ1) is 8.32. The molecule has 1 aromatic heterocycles. The number of hydrogen-bond donors (Lipinski definition) is 3. The second kappa shape index (κ2) is 5.82. The molecule has 0 aliphatic rings. The van der Waals surface area contributed by atoms with Crippen molar-refractivity contribution in [2.75, 3.05) is 11.9 Å². The second-order valence-corrected chi connectivity index (χ2v) is 4.80. The minimum atomic E-state index is -1.01. The SMILES string of the molecule is Cc1cc(C)c(C(=O)O)c(NCC(O)C(C)C)n1. The summed E-state index contributed by atoms with van der Waals surface area (Å²) in [6, 6.07) is 1.73. The third-order valence-corrected chi connectivity index (χ3v) is 2.81. The summed E-state index contributed by atoms with van der Waals surface area (Å²) < 4.78 is 0. The summed E-state index contributed by atoms with van der Waals surface area (Å²) in [5, 5.41) is 21.8. The Morgan fingerprint density at radius 1 is 1.44 bits per heavy atom. The molecule has 0 amide bonds. The van der Waals surface area contributed by atoms with Crippen molar-refractivity contribution in [2.45, 2.75) is 33.8 Å². The molecule has 1 rings (SSSR count). The Morgan fingerprint density at radius 3 is 2.56 bits per heavy atom. The second-order valence-electron chi connectivity index (χ2n) is 4.80. The maximum absolute atomic E-state index is 11.2. The molecule has 0 aliphatic heterocycles. The molecule has 0 saturated heterocycles. The topological polar surface area (TPSA) is 82.5 Å². The molecule has 1 aromatic rings. The van der Waals surface area contributed by atoms with Gasteiger partial charge < -0.3 is 15.5 Å². The van der Waals surface area contributed by atoms with E-state index >= 15 is 0 Å². The summed E-state index contributed by atoms with van der Waals surface area (Å²) in [4.78, 5) is 15.4. The van der Waals surface area contributed by atoms with E-state index in [9.17, 15) is 9.90 Å².